The third kappa shape index (κ3) is 15.5. The molecule has 1 aliphatic carbocycles. The Hall–Kier alpha value is -0.000649. The molecule has 1 aromatic rings. The molecule has 0 bridgehead atoms. The molecule has 29 heavy (non-hydrogen) atoms. The Balaban J connectivity index is -0.000000323. The maximum absolute atomic E-state index is 10.7. The van der Waals surface area contributed by atoms with Crippen LogP contribution in [0.15, 0.2) is 30.3 Å². The minimum Gasteiger partial charge on any atom is -0.741 e. The van der Waals surface area contributed by atoms with Gasteiger partial charge < -0.3 is 4.55 Å². The molecule has 0 aliphatic heterocycles. The van der Waals surface area contributed by atoms with Crippen molar-refractivity contribution in [1.82, 2.24) is 0 Å². The quantitative estimate of drug-likeness (QED) is 0.151. The zero-order valence-electron chi connectivity index (χ0n) is 18.3. The molecule has 0 spiro atoms. The van der Waals surface area contributed by atoms with Gasteiger partial charge in [0.1, 0.15) is 0 Å². The minimum atomic E-state index is -6.09. The van der Waals surface area contributed by atoms with Gasteiger partial charge in [-0.15, -0.1) is 7.92 Å². The van der Waals surface area contributed by atoms with Crippen LogP contribution in [-0.2, 0) is 30.2 Å². The first-order valence-corrected chi connectivity index (χ1v) is 13.2. The summed E-state index contributed by atoms with van der Waals surface area (Å²) in [5.41, 5.74) is -5.65. The monoisotopic (exact) mass is 635 g/mol. The first-order chi connectivity index (χ1) is 12.5. The van der Waals surface area contributed by atoms with Gasteiger partial charge in [0.2, 0.25) is 0 Å². The summed E-state index contributed by atoms with van der Waals surface area (Å²) in [6.07, 6.45) is 0. The van der Waals surface area contributed by atoms with Gasteiger partial charge in [0.25, 0.3) is 0 Å². The van der Waals surface area contributed by atoms with E-state index in [1.165, 1.54) is 0 Å². The predicted octanol–water partition coefficient (Wildman–Crippen LogP) is 6.07. The molecule has 0 N–H and O–H groups in total. The molecule has 0 radical (unpaired) electrons. The number of halogens is 3. The maximum Gasteiger partial charge on any atom is 3.00 e. The van der Waals surface area contributed by atoms with Crippen molar-refractivity contribution < 1.29 is 46.2 Å². The van der Waals surface area contributed by atoms with E-state index in [-0.39, 0.29) is 20.1 Å². The SMILES string of the molecule is CC1C(C)C(C)C(C)C1C.CP(C)C.O=S(=O)([O-])C(F)(F)F.[Ir+3].[c-]1ccccc1. The fraction of sp³-hybridized carbons (Fsp3) is 0.700. The molecule has 172 valence electrons. The van der Waals surface area contributed by atoms with Gasteiger partial charge in [-0.3, -0.25) is 0 Å². The Bertz CT molecular complexity index is 539. The fourth-order valence-electron chi connectivity index (χ4n) is 2.74. The van der Waals surface area contributed by atoms with Gasteiger partial charge in [-0.1, -0.05) is 34.6 Å². The largest absolute Gasteiger partial charge is 3.00 e. The van der Waals surface area contributed by atoms with E-state index >= 15 is 0 Å². The van der Waals surface area contributed by atoms with Gasteiger partial charge in [-0.2, -0.15) is 49.6 Å². The Kier molecular flexibility index (Phi) is 18.3. The Morgan fingerprint density at radius 1 is 0.793 bits per heavy atom. The van der Waals surface area contributed by atoms with Gasteiger partial charge >= 0.3 is 25.6 Å². The third-order valence-electron chi connectivity index (χ3n) is 5.04. The fourth-order valence-corrected chi connectivity index (χ4v) is 2.74. The van der Waals surface area contributed by atoms with Crippen LogP contribution in [0.25, 0.3) is 0 Å². The van der Waals surface area contributed by atoms with Crippen molar-refractivity contribution in [3.63, 3.8) is 0 Å². The molecule has 0 amide bonds. The second-order valence-electron chi connectivity index (χ2n) is 7.61. The summed E-state index contributed by atoms with van der Waals surface area (Å²) in [6.45, 7) is 18.7. The van der Waals surface area contributed by atoms with Crippen LogP contribution in [0.2, 0.25) is 0 Å². The Labute approximate surface area is 190 Å². The van der Waals surface area contributed by atoms with Crippen LogP contribution in [0.3, 0.4) is 0 Å². The summed E-state index contributed by atoms with van der Waals surface area (Å²) in [7, 11) is -5.71. The molecule has 0 aromatic heterocycles. The number of hydrogen-bond donors (Lipinski definition) is 0. The average Bonchev–Trinajstić information content (AvgIpc) is 2.73. The van der Waals surface area contributed by atoms with Gasteiger partial charge in [-0.25, -0.2) is 8.42 Å². The van der Waals surface area contributed by atoms with E-state index in [0.29, 0.717) is 7.92 Å². The summed E-state index contributed by atoms with van der Waals surface area (Å²) in [4.78, 5) is 0. The number of alkyl halides is 3. The molecule has 9 heteroatoms. The van der Waals surface area contributed by atoms with Crippen LogP contribution in [0.4, 0.5) is 13.2 Å². The van der Waals surface area contributed by atoms with Gasteiger partial charge in [-0.05, 0) is 49.6 Å². The first kappa shape index (κ1) is 33.6. The summed E-state index contributed by atoms with van der Waals surface area (Å²) in [5.74, 6) is 4.68. The van der Waals surface area contributed by atoms with Crippen molar-refractivity contribution in [1.29, 1.82) is 0 Å². The van der Waals surface area contributed by atoms with Gasteiger partial charge in [0.05, 0.1) is 0 Å². The molecule has 1 aromatic carbocycles. The summed E-state index contributed by atoms with van der Waals surface area (Å²) >= 11 is 0. The van der Waals surface area contributed by atoms with Crippen molar-refractivity contribution in [3.05, 3.63) is 36.4 Å². The Morgan fingerprint density at radius 3 is 1.07 bits per heavy atom. The molecule has 0 atom stereocenters. The van der Waals surface area contributed by atoms with E-state index < -0.39 is 15.6 Å². The smallest absolute Gasteiger partial charge is 0.741 e. The number of benzene rings is 1. The van der Waals surface area contributed by atoms with Crippen LogP contribution < -0.4 is 0 Å². The molecule has 2 rings (SSSR count). The normalized spacial score (nSPS) is 25.9. The van der Waals surface area contributed by atoms with Gasteiger partial charge in [0, 0.05) is 0 Å². The zero-order chi connectivity index (χ0) is 22.7. The van der Waals surface area contributed by atoms with Crippen molar-refractivity contribution in [2.24, 2.45) is 29.6 Å². The maximum atomic E-state index is 10.7. The zero-order valence-corrected chi connectivity index (χ0v) is 22.4. The van der Waals surface area contributed by atoms with E-state index in [0.717, 1.165) is 29.6 Å². The van der Waals surface area contributed by atoms with E-state index in [2.05, 4.69) is 60.7 Å². The van der Waals surface area contributed by atoms with Crippen LogP contribution in [0.5, 0.6) is 0 Å². The van der Waals surface area contributed by atoms with E-state index in [4.69, 9.17) is 13.0 Å². The molecule has 1 aliphatic rings. The second-order valence-corrected chi connectivity index (χ2v) is 11.7. The van der Waals surface area contributed by atoms with Crippen LogP contribution >= 0.6 is 7.92 Å². The molecule has 0 saturated heterocycles. The minimum absolute atomic E-state index is 0. The van der Waals surface area contributed by atoms with E-state index in [9.17, 15) is 13.2 Å². The predicted molar refractivity (Wildman–Crippen MR) is 112 cm³/mol. The summed E-state index contributed by atoms with van der Waals surface area (Å²) in [6, 6.07) is 12.5. The van der Waals surface area contributed by atoms with Crippen molar-refractivity contribution >= 4 is 18.0 Å². The molecule has 3 nitrogen and oxygen atoms in total. The van der Waals surface area contributed by atoms with E-state index in [1.807, 2.05) is 30.3 Å². The molecule has 0 heterocycles. The van der Waals surface area contributed by atoms with Crippen LogP contribution in [0.1, 0.15) is 34.6 Å². The molecule has 0 unspecified atom stereocenters. The van der Waals surface area contributed by atoms with Crippen LogP contribution in [0, 0.1) is 35.7 Å². The molecular weight excluding hydrogens is 600 g/mol. The molecule has 1 fully saturated rings. The Morgan fingerprint density at radius 2 is 1.00 bits per heavy atom. The van der Waals surface area contributed by atoms with Crippen LogP contribution in [-0.4, -0.2) is 38.5 Å². The number of hydrogen-bond acceptors (Lipinski definition) is 3. The summed E-state index contributed by atoms with van der Waals surface area (Å²) in [5, 5.41) is 0. The van der Waals surface area contributed by atoms with Crippen molar-refractivity contribution in [3.8, 4) is 0 Å². The first-order valence-electron chi connectivity index (χ1n) is 9.08. The van der Waals surface area contributed by atoms with E-state index in [1.54, 1.807) is 0 Å². The van der Waals surface area contributed by atoms with Crippen molar-refractivity contribution in [2.45, 2.75) is 40.1 Å². The number of rotatable bonds is 0. The van der Waals surface area contributed by atoms with Gasteiger partial charge in [0.15, 0.2) is 10.1 Å². The molecule has 1 saturated carbocycles. The molecular formula is C20H34F3IrO3PS+. The second kappa shape index (κ2) is 15.7. The average molecular weight is 635 g/mol. The standard InChI is InChI=1S/C10H20.C6H5.C3H9P.CHF3O3S.Ir/c1-6-7(2)9(4)10(5)8(6)3;1-2-4-6-5-3-1;1-4(2)3;2-1(3,4)8(5,6)7;/h6-10H,1-5H3;1-5H;1-3H3;(H,5,6,7);/q;-1;;;+3/p-1. The summed E-state index contributed by atoms with van der Waals surface area (Å²) < 4.78 is 58.9. The third-order valence-corrected chi connectivity index (χ3v) is 5.60. The van der Waals surface area contributed by atoms with Crippen molar-refractivity contribution in [2.75, 3.05) is 20.0 Å². The topological polar surface area (TPSA) is 57.2 Å².